The van der Waals surface area contributed by atoms with Gasteiger partial charge in [-0.25, -0.2) is 0 Å². The largest absolute Gasteiger partial charge is 0.138 e. The van der Waals surface area contributed by atoms with Gasteiger partial charge in [-0.2, -0.15) is 0 Å². The van der Waals surface area contributed by atoms with Gasteiger partial charge in [0.05, 0.1) is 0 Å². The van der Waals surface area contributed by atoms with Crippen LogP contribution in [0.5, 0.6) is 0 Å². The molecule has 0 amide bonds. The van der Waals surface area contributed by atoms with E-state index < -0.39 is 0 Å². The van der Waals surface area contributed by atoms with Crippen molar-refractivity contribution in [2.75, 3.05) is 6.16 Å². The predicted molar refractivity (Wildman–Crippen MR) is 47.8 cm³/mol. The summed E-state index contributed by atoms with van der Waals surface area (Å²) in [4.78, 5) is 0. The Balaban J connectivity index is 3.32. The normalized spacial score (nSPS) is 17.3. The van der Waals surface area contributed by atoms with Crippen LogP contribution in [0.1, 0.15) is 33.6 Å². The Morgan fingerprint density at radius 3 is 2.11 bits per heavy atom. The molecule has 0 saturated carbocycles. The summed E-state index contributed by atoms with van der Waals surface area (Å²) in [5.74, 6) is 1.82. The molecule has 0 fully saturated rings. The summed E-state index contributed by atoms with van der Waals surface area (Å²) in [7, 11) is 2.79. The number of hydrogen-bond donors (Lipinski definition) is 0. The van der Waals surface area contributed by atoms with Crippen molar-refractivity contribution in [1.29, 1.82) is 0 Å². The number of rotatable bonds is 4. The van der Waals surface area contributed by atoms with Gasteiger partial charge in [0.2, 0.25) is 0 Å². The summed E-state index contributed by atoms with van der Waals surface area (Å²) in [6.07, 6.45) is 3.94. The van der Waals surface area contributed by atoms with Crippen LogP contribution < -0.4 is 0 Å². The molecule has 0 rings (SSSR count). The van der Waals surface area contributed by atoms with Crippen LogP contribution in [0.15, 0.2) is 0 Å². The zero-order chi connectivity index (χ0) is 7.28. The summed E-state index contributed by atoms with van der Waals surface area (Å²) in [5.41, 5.74) is 0. The molecule has 0 spiro atoms. The second-order valence-electron chi connectivity index (χ2n) is 2.94. The van der Waals surface area contributed by atoms with Crippen molar-refractivity contribution in [2.24, 2.45) is 11.8 Å². The first kappa shape index (κ1) is 9.43. The smallest absolute Gasteiger partial charge is 0.0379 e. The van der Waals surface area contributed by atoms with E-state index in [2.05, 4.69) is 30.0 Å². The maximum absolute atomic E-state index is 2.79. The van der Waals surface area contributed by atoms with Crippen LogP contribution >= 0.6 is 9.24 Å². The van der Waals surface area contributed by atoms with E-state index in [-0.39, 0.29) is 0 Å². The molecule has 3 atom stereocenters. The predicted octanol–water partition coefficient (Wildman–Crippen LogP) is 2.93. The van der Waals surface area contributed by atoms with Gasteiger partial charge in [0.15, 0.2) is 0 Å². The molecule has 0 saturated heterocycles. The van der Waals surface area contributed by atoms with Gasteiger partial charge in [0.1, 0.15) is 0 Å². The van der Waals surface area contributed by atoms with Crippen molar-refractivity contribution in [3.05, 3.63) is 0 Å². The lowest BCUT2D eigenvalue weighted by Gasteiger charge is -2.16. The summed E-state index contributed by atoms with van der Waals surface area (Å²) in [6.45, 7) is 6.95. The van der Waals surface area contributed by atoms with E-state index in [1.807, 2.05) is 0 Å². The van der Waals surface area contributed by atoms with Crippen LogP contribution in [0.2, 0.25) is 0 Å². The van der Waals surface area contributed by atoms with E-state index in [9.17, 15) is 0 Å². The molecular formula is C8H19P. The van der Waals surface area contributed by atoms with Gasteiger partial charge in [-0.3, -0.25) is 0 Å². The van der Waals surface area contributed by atoms with E-state index in [1.165, 1.54) is 19.0 Å². The monoisotopic (exact) mass is 146 g/mol. The topological polar surface area (TPSA) is 0 Å². The van der Waals surface area contributed by atoms with E-state index in [0.29, 0.717) is 0 Å². The zero-order valence-electron chi connectivity index (χ0n) is 6.85. The average Bonchev–Trinajstić information content (AvgIpc) is 1.87. The second-order valence-corrected chi connectivity index (χ2v) is 3.52. The molecular weight excluding hydrogens is 127 g/mol. The van der Waals surface area contributed by atoms with Crippen LogP contribution in [0.25, 0.3) is 0 Å². The lowest BCUT2D eigenvalue weighted by atomic mass is 9.92. The van der Waals surface area contributed by atoms with Crippen molar-refractivity contribution in [3.63, 3.8) is 0 Å². The number of hydrogen-bond acceptors (Lipinski definition) is 0. The van der Waals surface area contributed by atoms with Gasteiger partial charge >= 0.3 is 0 Å². The van der Waals surface area contributed by atoms with E-state index in [1.54, 1.807) is 0 Å². The van der Waals surface area contributed by atoms with Gasteiger partial charge in [-0.15, -0.1) is 9.24 Å². The Kier molecular flexibility index (Phi) is 5.48. The standard InChI is InChI=1S/C8H19P/c1-4-7(2)8(3)5-6-9/h7-8H,4-6,9H2,1-3H3. The minimum Gasteiger partial charge on any atom is -0.138 e. The summed E-state index contributed by atoms with van der Waals surface area (Å²) >= 11 is 0. The first-order chi connectivity index (χ1) is 4.22. The Hall–Kier alpha value is 0.430. The minimum absolute atomic E-state index is 0.908. The SMILES string of the molecule is CCC(C)C(C)CCP. The fourth-order valence-corrected chi connectivity index (χ4v) is 1.48. The van der Waals surface area contributed by atoms with Crippen molar-refractivity contribution in [3.8, 4) is 0 Å². The highest BCUT2D eigenvalue weighted by atomic mass is 31.0. The fraction of sp³-hybridized carbons (Fsp3) is 1.00. The van der Waals surface area contributed by atoms with Crippen molar-refractivity contribution >= 4 is 9.24 Å². The quantitative estimate of drug-likeness (QED) is 0.535. The maximum atomic E-state index is 2.79. The molecule has 0 N–H and O–H groups in total. The lowest BCUT2D eigenvalue weighted by Crippen LogP contribution is -2.06. The molecule has 0 aliphatic carbocycles. The molecule has 0 radical (unpaired) electrons. The molecule has 0 heterocycles. The highest BCUT2D eigenvalue weighted by Gasteiger charge is 2.07. The molecule has 0 aromatic rings. The molecule has 0 bridgehead atoms. The molecule has 9 heavy (non-hydrogen) atoms. The van der Waals surface area contributed by atoms with Gasteiger partial charge in [0.25, 0.3) is 0 Å². The Morgan fingerprint density at radius 1 is 1.22 bits per heavy atom. The summed E-state index contributed by atoms with van der Waals surface area (Å²) < 4.78 is 0. The van der Waals surface area contributed by atoms with Gasteiger partial charge in [0, 0.05) is 0 Å². The van der Waals surface area contributed by atoms with Crippen molar-refractivity contribution in [2.45, 2.75) is 33.6 Å². The van der Waals surface area contributed by atoms with Crippen molar-refractivity contribution < 1.29 is 0 Å². The van der Waals surface area contributed by atoms with Crippen LogP contribution in [-0.4, -0.2) is 6.16 Å². The summed E-state index contributed by atoms with van der Waals surface area (Å²) in [6, 6.07) is 0. The second kappa shape index (κ2) is 5.23. The van der Waals surface area contributed by atoms with Crippen LogP contribution in [0, 0.1) is 11.8 Å². The van der Waals surface area contributed by atoms with Gasteiger partial charge < -0.3 is 0 Å². The molecule has 0 nitrogen and oxygen atoms in total. The summed E-state index contributed by atoms with van der Waals surface area (Å²) in [5, 5.41) is 0. The first-order valence-corrected chi connectivity index (χ1v) is 4.74. The molecule has 56 valence electrons. The Bertz CT molecular complexity index is 61.6. The third-order valence-corrected chi connectivity index (χ3v) is 2.57. The lowest BCUT2D eigenvalue weighted by molar-refractivity contribution is 0.369. The highest BCUT2D eigenvalue weighted by Crippen LogP contribution is 2.18. The van der Waals surface area contributed by atoms with Gasteiger partial charge in [-0.05, 0) is 24.4 Å². The minimum atomic E-state index is 0.908. The molecule has 0 aliphatic rings. The molecule has 0 aromatic heterocycles. The van der Waals surface area contributed by atoms with Crippen LogP contribution in [0.4, 0.5) is 0 Å². The molecule has 3 unspecified atom stereocenters. The third-order valence-electron chi connectivity index (χ3n) is 2.24. The third kappa shape index (κ3) is 3.92. The fourth-order valence-electron chi connectivity index (χ4n) is 0.950. The molecule has 0 aromatic carbocycles. The van der Waals surface area contributed by atoms with Crippen LogP contribution in [0.3, 0.4) is 0 Å². The van der Waals surface area contributed by atoms with E-state index >= 15 is 0 Å². The molecule has 0 aliphatic heterocycles. The molecule has 1 heteroatoms. The first-order valence-electron chi connectivity index (χ1n) is 3.92. The maximum Gasteiger partial charge on any atom is -0.0379 e. The zero-order valence-corrected chi connectivity index (χ0v) is 8.01. The van der Waals surface area contributed by atoms with E-state index in [4.69, 9.17) is 0 Å². The van der Waals surface area contributed by atoms with E-state index in [0.717, 1.165) is 11.8 Å². The Labute approximate surface area is 61.6 Å². The average molecular weight is 146 g/mol. The van der Waals surface area contributed by atoms with Gasteiger partial charge in [-0.1, -0.05) is 27.2 Å². The van der Waals surface area contributed by atoms with Crippen LogP contribution in [-0.2, 0) is 0 Å². The Morgan fingerprint density at radius 2 is 1.78 bits per heavy atom. The van der Waals surface area contributed by atoms with Crippen molar-refractivity contribution in [1.82, 2.24) is 0 Å². The highest BCUT2D eigenvalue weighted by molar-refractivity contribution is 7.16.